The van der Waals surface area contributed by atoms with E-state index in [1.165, 1.54) is 0 Å². The maximum atomic E-state index is 12.8. The zero-order valence-electron chi connectivity index (χ0n) is 13.6. The Morgan fingerprint density at radius 1 is 1.32 bits per heavy atom. The van der Waals surface area contributed by atoms with Gasteiger partial charge in [0.2, 0.25) is 5.91 Å². The van der Waals surface area contributed by atoms with Crippen molar-refractivity contribution in [1.29, 1.82) is 0 Å². The second-order valence-electron chi connectivity index (χ2n) is 6.20. The number of carbonyl (C=O) groups excluding carboxylic acids is 2. The number of alkyl halides is 2. The number of halogens is 2. The number of hydrogen-bond donors (Lipinski definition) is 3. The number of hydrogen-bond acceptors (Lipinski definition) is 3. The number of nitrogens with one attached hydrogen (secondary N) is 3. The van der Waals surface area contributed by atoms with E-state index in [9.17, 15) is 18.4 Å². The minimum Gasteiger partial charge on any atom is -0.354 e. The summed E-state index contributed by atoms with van der Waals surface area (Å²) >= 11 is 0. The van der Waals surface area contributed by atoms with Crippen LogP contribution in [-0.4, -0.2) is 40.5 Å². The molecule has 0 aliphatic heterocycles. The lowest BCUT2D eigenvalue weighted by atomic mass is 10.1. The van der Waals surface area contributed by atoms with E-state index >= 15 is 0 Å². The Labute approximate surface area is 143 Å². The number of nitrogens with zero attached hydrogens (tertiary/aromatic N) is 1. The molecule has 6 nitrogen and oxygen atoms in total. The molecule has 0 radical (unpaired) electrons. The lowest BCUT2D eigenvalue weighted by molar-refractivity contribution is -0.124. The molecule has 1 saturated carbocycles. The smallest absolute Gasteiger partial charge is 0.260 e. The summed E-state index contributed by atoms with van der Waals surface area (Å²) in [5, 5.41) is 11.8. The number of carbonyl (C=O) groups is 2. The topological polar surface area (TPSA) is 86.9 Å². The largest absolute Gasteiger partial charge is 0.354 e. The van der Waals surface area contributed by atoms with Crippen LogP contribution < -0.4 is 10.6 Å². The van der Waals surface area contributed by atoms with Crippen LogP contribution in [0, 0.1) is 5.92 Å². The summed E-state index contributed by atoms with van der Waals surface area (Å²) in [6.45, 7) is 1.80. The van der Waals surface area contributed by atoms with Crippen molar-refractivity contribution >= 4 is 11.8 Å². The fourth-order valence-electron chi connectivity index (χ4n) is 2.46. The predicted molar refractivity (Wildman–Crippen MR) is 87.0 cm³/mol. The second-order valence-corrected chi connectivity index (χ2v) is 6.20. The zero-order chi connectivity index (χ0) is 18.0. The van der Waals surface area contributed by atoms with Crippen molar-refractivity contribution in [3.8, 4) is 11.1 Å². The zero-order valence-corrected chi connectivity index (χ0v) is 13.6. The molecule has 2 amide bonds. The number of aromatic nitrogens is 2. The molecule has 1 aromatic carbocycles. The number of aromatic amines is 1. The van der Waals surface area contributed by atoms with Gasteiger partial charge in [-0.25, -0.2) is 8.78 Å². The molecule has 2 atom stereocenters. The number of H-pyrrole nitrogens is 1. The molecule has 1 heterocycles. The molecular weight excluding hydrogens is 330 g/mol. The van der Waals surface area contributed by atoms with Crippen molar-refractivity contribution in [2.75, 3.05) is 6.54 Å². The summed E-state index contributed by atoms with van der Waals surface area (Å²) in [4.78, 5) is 23.7. The molecule has 0 spiro atoms. The Kier molecular flexibility index (Phi) is 4.52. The van der Waals surface area contributed by atoms with Crippen molar-refractivity contribution < 1.29 is 18.4 Å². The van der Waals surface area contributed by atoms with Crippen LogP contribution in [0.3, 0.4) is 0 Å². The van der Waals surface area contributed by atoms with Gasteiger partial charge in [-0.3, -0.25) is 14.7 Å². The van der Waals surface area contributed by atoms with E-state index in [-0.39, 0.29) is 18.5 Å². The van der Waals surface area contributed by atoms with Gasteiger partial charge in [0.1, 0.15) is 5.92 Å². The van der Waals surface area contributed by atoms with E-state index in [1.807, 2.05) is 0 Å². The fourth-order valence-corrected chi connectivity index (χ4v) is 2.46. The van der Waals surface area contributed by atoms with Crippen molar-refractivity contribution in [3.63, 3.8) is 0 Å². The summed E-state index contributed by atoms with van der Waals surface area (Å²) in [5.41, 5.74) is 2.31. The summed E-state index contributed by atoms with van der Waals surface area (Å²) in [7, 11) is 0. The third-order valence-electron chi connectivity index (χ3n) is 4.08. The quantitative estimate of drug-likeness (QED) is 0.746. The summed E-state index contributed by atoms with van der Waals surface area (Å²) < 4.78 is 25.6. The minimum atomic E-state index is -2.88. The van der Waals surface area contributed by atoms with E-state index in [0.29, 0.717) is 5.56 Å². The SMILES string of the molecule is C[C@@H](CNC(=O)C1CC1(F)F)NC(=O)c1ccc(-c2cn[nH]c2)cc1. The Bertz CT molecular complexity index is 759. The molecule has 2 aromatic rings. The van der Waals surface area contributed by atoms with Crippen LogP contribution in [-0.2, 0) is 4.79 Å². The molecule has 1 fully saturated rings. The van der Waals surface area contributed by atoms with Gasteiger partial charge in [0.05, 0.1) is 6.20 Å². The molecule has 1 unspecified atom stereocenters. The molecule has 0 saturated heterocycles. The van der Waals surface area contributed by atoms with E-state index < -0.39 is 24.2 Å². The fraction of sp³-hybridized carbons (Fsp3) is 0.353. The Balaban J connectivity index is 1.49. The van der Waals surface area contributed by atoms with Gasteiger partial charge in [-0.15, -0.1) is 0 Å². The van der Waals surface area contributed by atoms with Gasteiger partial charge in [-0.05, 0) is 24.6 Å². The van der Waals surface area contributed by atoms with Crippen LogP contribution >= 0.6 is 0 Å². The molecule has 1 aliphatic rings. The Morgan fingerprint density at radius 2 is 2.00 bits per heavy atom. The lowest BCUT2D eigenvalue weighted by Crippen LogP contribution is -2.42. The second kappa shape index (κ2) is 6.62. The Hall–Kier alpha value is -2.77. The molecule has 132 valence electrons. The van der Waals surface area contributed by atoms with Crippen molar-refractivity contribution in [2.45, 2.75) is 25.3 Å². The third-order valence-corrected chi connectivity index (χ3v) is 4.08. The van der Waals surface area contributed by atoms with Gasteiger partial charge in [-0.2, -0.15) is 5.10 Å². The highest BCUT2D eigenvalue weighted by Crippen LogP contribution is 2.48. The first kappa shape index (κ1) is 17.1. The summed E-state index contributed by atoms with van der Waals surface area (Å²) in [5.74, 6) is -5.08. The maximum Gasteiger partial charge on any atom is 0.260 e. The van der Waals surface area contributed by atoms with Crippen molar-refractivity contribution in [3.05, 3.63) is 42.2 Å². The van der Waals surface area contributed by atoms with E-state index in [0.717, 1.165) is 11.1 Å². The van der Waals surface area contributed by atoms with Crippen LogP contribution in [0.25, 0.3) is 11.1 Å². The molecule has 8 heteroatoms. The average Bonchev–Trinajstić information content (AvgIpc) is 3.01. The highest BCUT2D eigenvalue weighted by Gasteiger charge is 2.61. The van der Waals surface area contributed by atoms with Crippen LogP contribution in [0.5, 0.6) is 0 Å². The van der Waals surface area contributed by atoms with Crippen LogP contribution in [0.15, 0.2) is 36.7 Å². The van der Waals surface area contributed by atoms with Crippen LogP contribution in [0.2, 0.25) is 0 Å². The Morgan fingerprint density at radius 3 is 2.56 bits per heavy atom. The summed E-state index contributed by atoms with van der Waals surface area (Å²) in [6, 6.07) is 6.61. The molecule has 1 aliphatic carbocycles. The van der Waals surface area contributed by atoms with Gasteiger partial charge >= 0.3 is 0 Å². The number of rotatable bonds is 6. The van der Waals surface area contributed by atoms with Gasteiger partial charge in [0.25, 0.3) is 11.8 Å². The van der Waals surface area contributed by atoms with Gasteiger partial charge in [0.15, 0.2) is 0 Å². The molecule has 3 rings (SSSR count). The molecule has 25 heavy (non-hydrogen) atoms. The monoisotopic (exact) mass is 348 g/mol. The van der Waals surface area contributed by atoms with Gasteiger partial charge in [-0.1, -0.05) is 12.1 Å². The summed E-state index contributed by atoms with van der Waals surface area (Å²) in [6.07, 6.45) is 3.04. The highest BCUT2D eigenvalue weighted by atomic mass is 19.3. The van der Waals surface area contributed by atoms with Crippen molar-refractivity contribution in [2.24, 2.45) is 5.92 Å². The molecule has 0 bridgehead atoms. The van der Waals surface area contributed by atoms with E-state index in [4.69, 9.17) is 0 Å². The molecule has 1 aromatic heterocycles. The number of amides is 2. The first-order valence-corrected chi connectivity index (χ1v) is 7.92. The number of benzene rings is 1. The highest BCUT2D eigenvalue weighted by molar-refractivity contribution is 5.95. The third kappa shape index (κ3) is 4.01. The normalized spacial score (nSPS) is 19.1. The lowest BCUT2D eigenvalue weighted by Gasteiger charge is -2.15. The first-order valence-electron chi connectivity index (χ1n) is 7.92. The first-order chi connectivity index (χ1) is 11.9. The van der Waals surface area contributed by atoms with Gasteiger partial charge in [0, 0.05) is 36.3 Å². The van der Waals surface area contributed by atoms with Crippen LogP contribution in [0.4, 0.5) is 8.78 Å². The maximum absolute atomic E-state index is 12.8. The van der Waals surface area contributed by atoms with E-state index in [2.05, 4.69) is 20.8 Å². The predicted octanol–water partition coefficient (Wildman–Crippen LogP) is 1.97. The standard InChI is InChI=1S/C17H18F2N4O2/c1-10(7-20-16(25)14-6-17(14,18)19)23-15(24)12-4-2-11(3-5-12)13-8-21-22-9-13/h2-5,8-10,14H,6-7H2,1H3,(H,20,25)(H,21,22)(H,23,24)/t10-,14?/m0/s1. The average molecular weight is 348 g/mol. The minimum absolute atomic E-state index is 0.101. The van der Waals surface area contributed by atoms with Crippen LogP contribution in [0.1, 0.15) is 23.7 Å². The van der Waals surface area contributed by atoms with Gasteiger partial charge < -0.3 is 10.6 Å². The molecular formula is C17H18F2N4O2. The van der Waals surface area contributed by atoms with Crippen molar-refractivity contribution in [1.82, 2.24) is 20.8 Å². The van der Waals surface area contributed by atoms with E-state index in [1.54, 1.807) is 43.6 Å². The molecule has 3 N–H and O–H groups in total.